The molecule has 188 valence electrons. The maximum absolute atomic E-state index is 13.2. The number of unbranched alkanes of at least 4 members (excludes halogenated alkanes) is 2. The molecule has 5 nitrogen and oxygen atoms in total. The van der Waals surface area contributed by atoms with Crippen molar-refractivity contribution in [3.63, 3.8) is 0 Å². The number of rotatable bonds is 12. The van der Waals surface area contributed by atoms with Gasteiger partial charge in [0.1, 0.15) is 5.76 Å². The molecular weight excluding hydrogens is 528 g/mol. The van der Waals surface area contributed by atoms with E-state index in [1.54, 1.807) is 41.3 Å². The van der Waals surface area contributed by atoms with Crippen LogP contribution in [0.4, 0.5) is 0 Å². The van der Waals surface area contributed by atoms with Crippen LogP contribution in [0.15, 0.2) is 58.6 Å². The van der Waals surface area contributed by atoms with Gasteiger partial charge >= 0.3 is 0 Å². The highest BCUT2D eigenvalue weighted by Crippen LogP contribution is 2.39. The molecule has 35 heavy (non-hydrogen) atoms. The minimum Gasteiger partial charge on any atom is -0.507 e. The number of nitrogens with zero attached hydrogens (tertiary/aromatic N) is 2. The molecule has 0 bridgehead atoms. The van der Waals surface area contributed by atoms with Gasteiger partial charge in [0.15, 0.2) is 0 Å². The van der Waals surface area contributed by atoms with Gasteiger partial charge in [0, 0.05) is 21.6 Å². The van der Waals surface area contributed by atoms with E-state index < -0.39 is 17.7 Å². The van der Waals surface area contributed by atoms with Gasteiger partial charge in [0.05, 0.1) is 11.6 Å². The van der Waals surface area contributed by atoms with E-state index in [1.807, 2.05) is 12.1 Å². The van der Waals surface area contributed by atoms with Crippen LogP contribution >= 0.6 is 27.5 Å². The number of carbonyl (C=O) groups is 2. The second kappa shape index (κ2) is 13.2. The summed E-state index contributed by atoms with van der Waals surface area (Å²) in [5, 5.41) is 11.7. The third-order valence-corrected chi connectivity index (χ3v) is 7.15. The zero-order valence-corrected chi connectivity index (χ0v) is 22.8. The molecule has 1 atom stereocenters. The average molecular weight is 562 g/mol. The van der Waals surface area contributed by atoms with Crippen LogP contribution in [0.1, 0.15) is 63.1 Å². The number of Topliss-reactive ketones (excluding diaryl/α,β-unsaturated/α-hetero) is 1. The normalized spacial score (nSPS) is 17.5. The van der Waals surface area contributed by atoms with Crippen molar-refractivity contribution in [2.75, 3.05) is 26.2 Å². The molecule has 1 aliphatic rings. The summed E-state index contributed by atoms with van der Waals surface area (Å²) < 4.78 is 0.861. The van der Waals surface area contributed by atoms with Crippen LogP contribution in [0.5, 0.6) is 0 Å². The van der Waals surface area contributed by atoms with E-state index in [0.29, 0.717) is 17.1 Å². The number of carbonyl (C=O) groups excluding carboxylic acids is 2. The van der Waals surface area contributed by atoms with Crippen molar-refractivity contribution in [2.24, 2.45) is 0 Å². The van der Waals surface area contributed by atoms with Gasteiger partial charge in [-0.2, -0.15) is 0 Å². The van der Waals surface area contributed by atoms with Crippen LogP contribution < -0.4 is 0 Å². The summed E-state index contributed by atoms with van der Waals surface area (Å²) >= 11 is 9.50. The van der Waals surface area contributed by atoms with Gasteiger partial charge in [-0.25, -0.2) is 0 Å². The Kier molecular flexibility index (Phi) is 10.4. The van der Waals surface area contributed by atoms with Crippen molar-refractivity contribution < 1.29 is 14.7 Å². The lowest BCUT2D eigenvalue weighted by molar-refractivity contribution is -0.140. The second-order valence-electron chi connectivity index (χ2n) is 8.95. The molecule has 2 aromatic carbocycles. The van der Waals surface area contributed by atoms with Gasteiger partial charge in [-0.05, 0) is 68.7 Å². The molecule has 0 radical (unpaired) electrons. The van der Waals surface area contributed by atoms with Crippen LogP contribution in [0.2, 0.25) is 5.02 Å². The average Bonchev–Trinajstić information content (AvgIpc) is 3.10. The molecule has 7 heteroatoms. The Morgan fingerprint density at radius 3 is 2.09 bits per heavy atom. The van der Waals surface area contributed by atoms with Crippen molar-refractivity contribution in [1.82, 2.24) is 9.80 Å². The fourth-order valence-corrected chi connectivity index (χ4v) is 4.82. The Balaban J connectivity index is 1.90. The Bertz CT molecular complexity index is 1030. The Hall–Kier alpha value is -2.15. The van der Waals surface area contributed by atoms with Gasteiger partial charge in [-0.3, -0.25) is 9.59 Å². The van der Waals surface area contributed by atoms with Crippen molar-refractivity contribution >= 4 is 45.0 Å². The molecule has 0 saturated carbocycles. The third kappa shape index (κ3) is 6.96. The van der Waals surface area contributed by atoms with E-state index in [0.717, 1.165) is 61.8 Å². The molecule has 1 N–H and O–H groups in total. The van der Waals surface area contributed by atoms with E-state index in [9.17, 15) is 14.7 Å². The standard InChI is InChI=1S/C28H34BrClN2O3/c1-3-5-16-31(17-6-4-2)18-7-19-32-25(20-10-14-23(30)15-11-20)24(27(34)28(32)35)26(33)21-8-12-22(29)13-9-21/h8-15,25,33H,3-7,16-19H2,1-2H3/t25-/m1/s1. The van der Waals surface area contributed by atoms with Gasteiger partial charge in [0.2, 0.25) is 0 Å². The summed E-state index contributed by atoms with van der Waals surface area (Å²) in [5.41, 5.74) is 1.37. The van der Waals surface area contributed by atoms with Crippen molar-refractivity contribution in [2.45, 2.75) is 52.0 Å². The predicted octanol–water partition coefficient (Wildman–Crippen LogP) is 6.82. The molecule has 0 unspecified atom stereocenters. The molecule has 0 aliphatic carbocycles. The Morgan fingerprint density at radius 2 is 1.51 bits per heavy atom. The summed E-state index contributed by atoms with van der Waals surface area (Å²) in [5.74, 6) is -1.39. The van der Waals surface area contributed by atoms with E-state index in [4.69, 9.17) is 11.6 Å². The van der Waals surface area contributed by atoms with Crippen LogP contribution in [-0.4, -0.2) is 52.8 Å². The number of likely N-dealkylation sites (tertiary alicyclic amines) is 1. The number of amides is 1. The minimum absolute atomic E-state index is 0.119. The minimum atomic E-state index is -0.657. The molecule has 1 fully saturated rings. The zero-order valence-electron chi connectivity index (χ0n) is 20.5. The highest BCUT2D eigenvalue weighted by Gasteiger charge is 2.45. The molecule has 0 aromatic heterocycles. The van der Waals surface area contributed by atoms with Crippen molar-refractivity contribution in [3.8, 4) is 0 Å². The fraction of sp³-hybridized carbons (Fsp3) is 0.429. The SMILES string of the molecule is CCCCN(CCCC)CCCN1C(=O)C(=O)C(=C(O)c2ccc(Br)cc2)[C@H]1c1ccc(Cl)cc1. The summed E-state index contributed by atoms with van der Waals surface area (Å²) in [6, 6.07) is 13.5. The molecule has 1 heterocycles. The first-order chi connectivity index (χ1) is 16.9. The van der Waals surface area contributed by atoms with Crippen LogP contribution in [0.25, 0.3) is 5.76 Å². The molecule has 3 rings (SSSR count). The lowest BCUT2D eigenvalue weighted by atomic mass is 9.95. The van der Waals surface area contributed by atoms with Crippen molar-refractivity contribution in [3.05, 3.63) is 74.7 Å². The lowest BCUT2D eigenvalue weighted by Gasteiger charge is -2.27. The summed E-state index contributed by atoms with van der Waals surface area (Å²) in [7, 11) is 0. The molecule has 0 spiro atoms. The van der Waals surface area contributed by atoms with Gasteiger partial charge in [-0.1, -0.05) is 78.5 Å². The highest BCUT2D eigenvalue weighted by atomic mass is 79.9. The first-order valence-electron chi connectivity index (χ1n) is 12.4. The predicted molar refractivity (Wildman–Crippen MR) is 145 cm³/mol. The lowest BCUT2D eigenvalue weighted by Crippen LogP contribution is -2.34. The first kappa shape index (κ1) is 27.4. The molecule has 1 saturated heterocycles. The first-order valence-corrected chi connectivity index (χ1v) is 13.6. The largest absolute Gasteiger partial charge is 0.507 e. The second-order valence-corrected chi connectivity index (χ2v) is 10.3. The Morgan fingerprint density at radius 1 is 0.943 bits per heavy atom. The monoisotopic (exact) mass is 560 g/mol. The molecular formula is C28H34BrClN2O3. The summed E-state index contributed by atoms with van der Waals surface area (Å²) in [4.78, 5) is 30.4. The summed E-state index contributed by atoms with van der Waals surface area (Å²) in [6.45, 7) is 7.76. The molecule has 1 amide bonds. The number of aliphatic hydroxyl groups is 1. The smallest absolute Gasteiger partial charge is 0.295 e. The number of ketones is 1. The van der Waals surface area contributed by atoms with Gasteiger partial charge < -0.3 is 14.9 Å². The topological polar surface area (TPSA) is 60.9 Å². The molecule has 2 aromatic rings. The van der Waals surface area contributed by atoms with Gasteiger partial charge in [-0.15, -0.1) is 0 Å². The van der Waals surface area contributed by atoms with Crippen LogP contribution in [-0.2, 0) is 9.59 Å². The number of halogens is 2. The zero-order chi connectivity index (χ0) is 25.4. The van der Waals surface area contributed by atoms with Crippen molar-refractivity contribution in [1.29, 1.82) is 0 Å². The number of aliphatic hydroxyl groups excluding tert-OH is 1. The quantitative estimate of drug-likeness (QED) is 0.176. The molecule has 1 aliphatic heterocycles. The highest BCUT2D eigenvalue weighted by molar-refractivity contribution is 9.10. The van der Waals surface area contributed by atoms with E-state index in [1.165, 1.54) is 0 Å². The number of benzene rings is 2. The van der Waals surface area contributed by atoms with E-state index in [-0.39, 0.29) is 11.3 Å². The summed E-state index contributed by atoms with van der Waals surface area (Å²) in [6.07, 6.45) is 5.33. The van der Waals surface area contributed by atoms with Crippen LogP contribution in [0.3, 0.4) is 0 Å². The fourth-order valence-electron chi connectivity index (χ4n) is 4.43. The Labute approximate surface area is 221 Å². The van der Waals surface area contributed by atoms with E-state index in [2.05, 4.69) is 34.7 Å². The van der Waals surface area contributed by atoms with Gasteiger partial charge in [0.25, 0.3) is 11.7 Å². The third-order valence-electron chi connectivity index (χ3n) is 6.37. The number of hydrogen-bond acceptors (Lipinski definition) is 4. The number of hydrogen-bond donors (Lipinski definition) is 1. The van der Waals surface area contributed by atoms with E-state index >= 15 is 0 Å². The maximum Gasteiger partial charge on any atom is 0.295 e. The van der Waals surface area contributed by atoms with Crippen LogP contribution in [0, 0.1) is 0 Å². The maximum atomic E-state index is 13.2.